The van der Waals surface area contributed by atoms with Crippen LogP contribution in [0.25, 0.3) is 10.2 Å². The average molecular weight is 493 g/mol. The molecule has 0 saturated carbocycles. The molecule has 0 atom stereocenters. The summed E-state index contributed by atoms with van der Waals surface area (Å²) in [6.45, 7) is 9.77. The molecule has 0 aliphatic rings. The highest BCUT2D eigenvalue weighted by Crippen LogP contribution is 2.31. The number of carbonyl (C=O) groups is 1. The van der Waals surface area contributed by atoms with E-state index in [4.69, 9.17) is 4.98 Å². The minimum Gasteiger partial charge on any atom is -0.302 e. The first-order valence-corrected chi connectivity index (χ1v) is 11.1. The molecule has 0 fully saturated rings. The number of benzene rings is 2. The van der Waals surface area contributed by atoms with E-state index < -0.39 is 0 Å². The fraction of sp³-hybridized carbons (Fsp3) is 0.333. The van der Waals surface area contributed by atoms with Gasteiger partial charge in [0.05, 0.1) is 15.8 Å². The SMILES string of the molecule is CCN(CC)CCN(C(=O)c1ccccc1I)c1nc2c(C)cccc2s1. The van der Waals surface area contributed by atoms with Gasteiger partial charge in [0.2, 0.25) is 0 Å². The van der Waals surface area contributed by atoms with Crippen LogP contribution in [0, 0.1) is 10.5 Å². The molecule has 0 spiro atoms. The Labute approximate surface area is 178 Å². The van der Waals surface area contributed by atoms with Gasteiger partial charge in [0.1, 0.15) is 0 Å². The highest BCUT2D eigenvalue weighted by Gasteiger charge is 2.23. The van der Waals surface area contributed by atoms with Crippen LogP contribution in [0.1, 0.15) is 29.8 Å². The molecule has 27 heavy (non-hydrogen) atoms. The second-order valence-corrected chi connectivity index (χ2v) is 8.55. The molecule has 1 aromatic heterocycles. The molecule has 3 rings (SSSR count). The van der Waals surface area contributed by atoms with Crippen molar-refractivity contribution in [2.45, 2.75) is 20.8 Å². The molecule has 0 unspecified atom stereocenters. The standard InChI is InChI=1S/C21H24IN3OS/c1-4-24(5-2)13-14-25(20(26)16-10-6-7-11-17(16)22)21-23-19-15(3)9-8-12-18(19)27-21/h6-12H,4-5,13-14H2,1-3H3. The number of nitrogens with zero attached hydrogens (tertiary/aromatic N) is 3. The van der Waals surface area contributed by atoms with Gasteiger partial charge in [0.15, 0.2) is 5.13 Å². The second-order valence-electron chi connectivity index (χ2n) is 6.38. The second kappa shape index (κ2) is 9.12. The lowest BCUT2D eigenvalue weighted by molar-refractivity contribution is 0.0983. The number of anilines is 1. The number of amides is 1. The predicted molar refractivity (Wildman–Crippen MR) is 123 cm³/mol. The molecule has 0 aliphatic carbocycles. The van der Waals surface area contributed by atoms with E-state index in [0.717, 1.165) is 49.7 Å². The average Bonchev–Trinajstić information content (AvgIpc) is 3.10. The molecular formula is C21H24IN3OS. The molecule has 2 aromatic carbocycles. The Hall–Kier alpha value is -1.51. The zero-order valence-corrected chi connectivity index (χ0v) is 18.9. The van der Waals surface area contributed by atoms with Gasteiger partial charge in [0, 0.05) is 16.7 Å². The fourth-order valence-electron chi connectivity index (χ4n) is 3.04. The van der Waals surface area contributed by atoms with Crippen LogP contribution in [-0.4, -0.2) is 42.0 Å². The quantitative estimate of drug-likeness (QED) is 0.425. The van der Waals surface area contributed by atoms with Gasteiger partial charge in [-0.2, -0.15) is 0 Å². The Morgan fingerprint density at radius 3 is 2.48 bits per heavy atom. The van der Waals surface area contributed by atoms with Crippen LogP contribution < -0.4 is 4.90 Å². The molecule has 0 bridgehead atoms. The van der Waals surface area contributed by atoms with Gasteiger partial charge in [0.25, 0.3) is 5.91 Å². The van der Waals surface area contributed by atoms with E-state index in [9.17, 15) is 4.79 Å². The minimum absolute atomic E-state index is 0.0175. The van der Waals surface area contributed by atoms with Gasteiger partial charge in [-0.1, -0.05) is 49.4 Å². The molecule has 0 saturated heterocycles. The van der Waals surface area contributed by atoms with Crippen LogP contribution in [0.15, 0.2) is 42.5 Å². The summed E-state index contributed by atoms with van der Waals surface area (Å²) in [7, 11) is 0. The number of halogens is 1. The summed E-state index contributed by atoms with van der Waals surface area (Å²) in [5.41, 5.74) is 2.86. The van der Waals surface area contributed by atoms with E-state index in [1.165, 1.54) is 0 Å². The van der Waals surface area contributed by atoms with Gasteiger partial charge in [-0.05, 0) is 66.4 Å². The van der Waals surface area contributed by atoms with Crippen molar-refractivity contribution in [3.05, 3.63) is 57.2 Å². The van der Waals surface area contributed by atoms with Gasteiger partial charge in [-0.3, -0.25) is 9.69 Å². The monoisotopic (exact) mass is 493 g/mol. The normalized spacial score (nSPS) is 11.3. The summed E-state index contributed by atoms with van der Waals surface area (Å²) in [4.78, 5) is 22.4. The molecule has 0 N–H and O–H groups in total. The fourth-order valence-corrected chi connectivity index (χ4v) is 4.72. The number of carbonyl (C=O) groups excluding carboxylic acids is 1. The van der Waals surface area contributed by atoms with Crippen molar-refractivity contribution >= 4 is 55.2 Å². The Morgan fingerprint density at radius 2 is 1.81 bits per heavy atom. The number of rotatable bonds is 7. The Balaban J connectivity index is 1.99. The number of aromatic nitrogens is 1. The van der Waals surface area contributed by atoms with Gasteiger partial charge in [-0.15, -0.1) is 0 Å². The maximum absolute atomic E-state index is 13.4. The van der Waals surface area contributed by atoms with Crippen molar-refractivity contribution in [2.24, 2.45) is 0 Å². The minimum atomic E-state index is 0.0175. The van der Waals surface area contributed by atoms with Crippen molar-refractivity contribution in [2.75, 3.05) is 31.1 Å². The predicted octanol–water partition coefficient (Wildman–Crippen LogP) is 5.20. The molecule has 3 aromatic rings. The van der Waals surface area contributed by atoms with E-state index in [0.29, 0.717) is 6.54 Å². The highest BCUT2D eigenvalue weighted by atomic mass is 127. The van der Waals surface area contributed by atoms with E-state index in [2.05, 4.69) is 60.4 Å². The molecule has 0 radical (unpaired) electrons. The number of fused-ring (bicyclic) bond motifs is 1. The van der Waals surface area contributed by atoms with Crippen molar-refractivity contribution in [1.82, 2.24) is 9.88 Å². The van der Waals surface area contributed by atoms with Gasteiger partial charge < -0.3 is 4.90 Å². The number of aryl methyl sites for hydroxylation is 1. The first kappa shape index (κ1) is 20.2. The van der Waals surface area contributed by atoms with Crippen LogP contribution in [0.2, 0.25) is 0 Å². The maximum Gasteiger partial charge on any atom is 0.261 e. The maximum atomic E-state index is 13.4. The Kier molecular flexibility index (Phi) is 6.83. The van der Waals surface area contributed by atoms with Crippen LogP contribution in [0.4, 0.5) is 5.13 Å². The number of likely N-dealkylation sites (N-methyl/N-ethyl adjacent to an activating group) is 1. The summed E-state index contributed by atoms with van der Waals surface area (Å²) in [6, 6.07) is 13.9. The molecule has 4 nitrogen and oxygen atoms in total. The van der Waals surface area contributed by atoms with E-state index in [-0.39, 0.29) is 5.91 Å². The lowest BCUT2D eigenvalue weighted by Crippen LogP contribution is -2.39. The van der Waals surface area contributed by atoms with E-state index in [1.54, 1.807) is 11.3 Å². The summed E-state index contributed by atoms with van der Waals surface area (Å²) in [5, 5.41) is 0.774. The first-order valence-electron chi connectivity index (χ1n) is 9.20. The zero-order valence-electron chi connectivity index (χ0n) is 15.9. The van der Waals surface area contributed by atoms with Gasteiger partial charge >= 0.3 is 0 Å². The van der Waals surface area contributed by atoms with Gasteiger partial charge in [-0.25, -0.2) is 4.98 Å². The summed E-state index contributed by atoms with van der Waals surface area (Å²) < 4.78 is 2.08. The third kappa shape index (κ3) is 4.50. The summed E-state index contributed by atoms with van der Waals surface area (Å²) >= 11 is 3.82. The smallest absolute Gasteiger partial charge is 0.261 e. The number of para-hydroxylation sites is 1. The molecule has 142 valence electrons. The van der Waals surface area contributed by atoms with Crippen LogP contribution in [-0.2, 0) is 0 Å². The van der Waals surface area contributed by atoms with Crippen molar-refractivity contribution < 1.29 is 4.79 Å². The molecular weight excluding hydrogens is 469 g/mol. The number of thiazole rings is 1. The topological polar surface area (TPSA) is 36.4 Å². The third-order valence-corrected chi connectivity index (χ3v) is 6.71. The van der Waals surface area contributed by atoms with Crippen molar-refractivity contribution in [3.8, 4) is 0 Å². The highest BCUT2D eigenvalue weighted by molar-refractivity contribution is 14.1. The van der Waals surface area contributed by atoms with Crippen molar-refractivity contribution in [3.63, 3.8) is 0 Å². The lowest BCUT2D eigenvalue weighted by Gasteiger charge is -2.25. The first-order chi connectivity index (χ1) is 13.0. The number of hydrogen-bond acceptors (Lipinski definition) is 4. The molecule has 0 aliphatic heterocycles. The molecule has 1 heterocycles. The summed E-state index contributed by atoms with van der Waals surface area (Å²) in [5.74, 6) is 0.0175. The lowest BCUT2D eigenvalue weighted by atomic mass is 10.2. The van der Waals surface area contributed by atoms with E-state index >= 15 is 0 Å². The van der Waals surface area contributed by atoms with Crippen LogP contribution >= 0.6 is 33.9 Å². The van der Waals surface area contributed by atoms with Crippen molar-refractivity contribution in [1.29, 1.82) is 0 Å². The molecule has 6 heteroatoms. The third-order valence-electron chi connectivity index (χ3n) is 4.72. The summed E-state index contributed by atoms with van der Waals surface area (Å²) in [6.07, 6.45) is 0. The zero-order chi connectivity index (χ0) is 19.4. The van der Waals surface area contributed by atoms with Crippen LogP contribution in [0.3, 0.4) is 0 Å². The largest absolute Gasteiger partial charge is 0.302 e. The molecule has 1 amide bonds. The van der Waals surface area contributed by atoms with Crippen LogP contribution in [0.5, 0.6) is 0 Å². The van der Waals surface area contributed by atoms with E-state index in [1.807, 2.05) is 35.2 Å². The Bertz CT molecular complexity index is 936. The number of hydrogen-bond donors (Lipinski definition) is 0. The Morgan fingerprint density at radius 1 is 1.07 bits per heavy atom.